The van der Waals surface area contributed by atoms with Gasteiger partial charge < -0.3 is 5.73 Å². The van der Waals surface area contributed by atoms with Gasteiger partial charge in [-0.3, -0.25) is 0 Å². The summed E-state index contributed by atoms with van der Waals surface area (Å²) in [4.78, 5) is 0. The van der Waals surface area contributed by atoms with Crippen LogP contribution in [0.3, 0.4) is 0 Å². The van der Waals surface area contributed by atoms with E-state index < -0.39 is 17.7 Å². The van der Waals surface area contributed by atoms with E-state index in [0.29, 0.717) is 0 Å². The second kappa shape index (κ2) is 3.45. The molecule has 1 aromatic rings. The number of hydrogen-bond acceptors (Lipinski definition) is 1. The van der Waals surface area contributed by atoms with Crippen LogP contribution in [0.4, 0.5) is 8.78 Å². The van der Waals surface area contributed by atoms with Gasteiger partial charge in [-0.1, -0.05) is 12.1 Å². The maximum atomic E-state index is 12.9. The first-order valence-corrected chi connectivity index (χ1v) is 3.49. The molecule has 1 rings (SSSR count). The van der Waals surface area contributed by atoms with Crippen LogP contribution >= 0.6 is 0 Å². The molecule has 1 atom stereocenters. The molecule has 64 valence electrons. The van der Waals surface area contributed by atoms with Crippen molar-refractivity contribution < 1.29 is 8.78 Å². The Labute approximate surface area is 69.5 Å². The number of benzene rings is 1. The Hall–Kier alpha value is -1.22. The molecular formula is C9H9F2N. The Kier molecular flexibility index (Phi) is 2.55. The van der Waals surface area contributed by atoms with E-state index in [9.17, 15) is 8.78 Å². The average Bonchev–Trinajstić information content (AvgIpc) is 2.03. The van der Waals surface area contributed by atoms with Gasteiger partial charge in [0.05, 0.1) is 6.04 Å². The fraction of sp³-hybridized carbons (Fsp3) is 0.111. The second-order valence-corrected chi connectivity index (χ2v) is 2.40. The third-order valence-electron chi connectivity index (χ3n) is 1.59. The van der Waals surface area contributed by atoms with Crippen LogP contribution in [0.25, 0.3) is 0 Å². The molecule has 0 aliphatic carbocycles. The molecule has 0 fully saturated rings. The van der Waals surface area contributed by atoms with Crippen LogP contribution in [0.2, 0.25) is 0 Å². The smallest absolute Gasteiger partial charge is 0.131 e. The molecule has 0 bridgehead atoms. The predicted molar refractivity (Wildman–Crippen MR) is 43.5 cm³/mol. The quantitative estimate of drug-likeness (QED) is 0.674. The maximum Gasteiger partial charge on any atom is 0.131 e. The van der Waals surface area contributed by atoms with Gasteiger partial charge in [-0.15, -0.1) is 6.58 Å². The number of hydrogen-bond donors (Lipinski definition) is 1. The zero-order chi connectivity index (χ0) is 9.14. The van der Waals surface area contributed by atoms with Crippen LogP contribution in [0.1, 0.15) is 11.6 Å². The van der Waals surface area contributed by atoms with E-state index in [0.717, 1.165) is 0 Å². The largest absolute Gasteiger partial charge is 0.321 e. The molecule has 0 aliphatic heterocycles. The molecule has 0 amide bonds. The van der Waals surface area contributed by atoms with E-state index in [1.807, 2.05) is 0 Å². The maximum absolute atomic E-state index is 12.9. The molecule has 0 aliphatic rings. The van der Waals surface area contributed by atoms with E-state index in [1.54, 1.807) is 0 Å². The highest BCUT2D eigenvalue weighted by atomic mass is 19.1. The zero-order valence-electron chi connectivity index (χ0n) is 6.43. The van der Waals surface area contributed by atoms with Crippen LogP contribution in [-0.2, 0) is 0 Å². The van der Waals surface area contributed by atoms with Gasteiger partial charge in [0.15, 0.2) is 0 Å². The second-order valence-electron chi connectivity index (χ2n) is 2.40. The van der Waals surface area contributed by atoms with Crippen LogP contribution in [0, 0.1) is 11.6 Å². The Morgan fingerprint density at radius 3 is 2.25 bits per heavy atom. The highest BCUT2D eigenvalue weighted by Gasteiger charge is 2.12. The van der Waals surface area contributed by atoms with Crippen molar-refractivity contribution in [2.24, 2.45) is 5.73 Å². The van der Waals surface area contributed by atoms with Crippen LogP contribution < -0.4 is 5.73 Å². The van der Waals surface area contributed by atoms with Gasteiger partial charge in [-0.25, -0.2) is 8.78 Å². The molecule has 2 N–H and O–H groups in total. The molecule has 0 spiro atoms. The molecule has 0 saturated carbocycles. The summed E-state index contributed by atoms with van der Waals surface area (Å²) in [6.07, 6.45) is 1.29. The SMILES string of the molecule is C=CC(N)c1c(F)cccc1F. The Morgan fingerprint density at radius 2 is 1.83 bits per heavy atom. The van der Waals surface area contributed by atoms with E-state index in [4.69, 9.17) is 5.73 Å². The highest BCUT2D eigenvalue weighted by Crippen LogP contribution is 2.18. The Morgan fingerprint density at radius 1 is 1.33 bits per heavy atom. The summed E-state index contributed by atoms with van der Waals surface area (Å²) in [6, 6.07) is 2.85. The summed E-state index contributed by atoms with van der Waals surface area (Å²) in [5.41, 5.74) is 5.27. The number of halogens is 2. The molecule has 3 heteroatoms. The summed E-state index contributed by atoms with van der Waals surface area (Å²) >= 11 is 0. The van der Waals surface area contributed by atoms with Crippen molar-refractivity contribution >= 4 is 0 Å². The van der Waals surface area contributed by atoms with Crippen molar-refractivity contribution in [3.05, 3.63) is 48.1 Å². The molecule has 0 aromatic heterocycles. The first-order valence-electron chi connectivity index (χ1n) is 3.49. The lowest BCUT2D eigenvalue weighted by Gasteiger charge is -2.08. The Bertz CT molecular complexity index is 276. The summed E-state index contributed by atoms with van der Waals surface area (Å²) in [6.45, 7) is 3.36. The van der Waals surface area contributed by atoms with Gasteiger partial charge in [0.25, 0.3) is 0 Å². The highest BCUT2D eigenvalue weighted by molar-refractivity contribution is 5.25. The minimum atomic E-state index is -0.786. The molecule has 0 saturated heterocycles. The first-order chi connectivity index (χ1) is 5.66. The normalized spacial score (nSPS) is 12.6. The molecule has 1 aromatic carbocycles. The summed E-state index contributed by atoms with van der Waals surface area (Å²) in [5.74, 6) is -1.27. The zero-order valence-corrected chi connectivity index (χ0v) is 6.43. The third-order valence-corrected chi connectivity index (χ3v) is 1.59. The van der Waals surface area contributed by atoms with Crippen molar-refractivity contribution in [2.75, 3.05) is 0 Å². The monoisotopic (exact) mass is 169 g/mol. The van der Waals surface area contributed by atoms with Crippen molar-refractivity contribution in [1.82, 2.24) is 0 Å². The Balaban J connectivity index is 3.20. The average molecular weight is 169 g/mol. The predicted octanol–water partition coefficient (Wildman–Crippen LogP) is 2.15. The van der Waals surface area contributed by atoms with Gasteiger partial charge in [0.2, 0.25) is 0 Å². The molecular weight excluding hydrogens is 160 g/mol. The van der Waals surface area contributed by atoms with E-state index >= 15 is 0 Å². The van der Waals surface area contributed by atoms with Crippen molar-refractivity contribution in [1.29, 1.82) is 0 Å². The van der Waals surface area contributed by atoms with Gasteiger partial charge in [0.1, 0.15) is 11.6 Å². The fourth-order valence-electron chi connectivity index (χ4n) is 0.947. The van der Waals surface area contributed by atoms with Gasteiger partial charge in [-0.2, -0.15) is 0 Å². The fourth-order valence-corrected chi connectivity index (χ4v) is 0.947. The summed E-state index contributed by atoms with van der Waals surface area (Å²) in [7, 11) is 0. The lowest BCUT2D eigenvalue weighted by molar-refractivity contribution is 0.546. The lowest BCUT2D eigenvalue weighted by Crippen LogP contribution is -2.10. The topological polar surface area (TPSA) is 26.0 Å². The molecule has 1 nitrogen and oxygen atoms in total. The van der Waals surface area contributed by atoms with E-state index in [-0.39, 0.29) is 5.56 Å². The van der Waals surface area contributed by atoms with Crippen molar-refractivity contribution in [3.8, 4) is 0 Å². The van der Waals surface area contributed by atoms with Crippen molar-refractivity contribution in [2.45, 2.75) is 6.04 Å². The van der Waals surface area contributed by atoms with Crippen LogP contribution in [-0.4, -0.2) is 0 Å². The lowest BCUT2D eigenvalue weighted by atomic mass is 10.1. The first kappa shape index (κ1) is 8.87. The van der Waals surface area contributed by atoms with Crippen LogP contribution in [0.15, 0.2) is 30.9 Å². The third kappa shape index (κ3) is 1.51. The molecule has 0 radical (unpaired) electrons. The van der Waals surface area contributed by atoms with E-state index in [2.05, 4.69) is 6.58 Å². The van der Waals surface area contributed by atoms with Gasteiger partial charge in [-0.05, 0) is 12.1 Å². The van der Waals surface area contributed by atoms with Gasteiger partial charge >= 0.3 is 0 Å². The standard InChI is InChI=1S/C9H9F2N/c1-2-8(12)9-6(10)4-3-5-7(9)11/h2-5,8H,1,12H2. The molecule has 1 unspecified atom stereocenters. The minimum absolute atomic E-state index is 0.132. The van der Waals surface area contributed by atoms with E-state index in [1.165, 1.54) is 24.3 Å². The summed E-state index contributed by atoms with van der Waals surface area (Å²) < 4.78 is 25.8. The minimum Gasteiger partial charge on any atom is -0.321 e. The molecule has 12 heavy (non-hydrogen) atoms. The summed E-state index contributed by atoms with van der Waals surface area (Å²) in [5, 5.41) is 0. The van der Waals surface area contributed by atoms with Crippen LogP contribution in [0.5, 0.6) is 0 Å². The molecule has 0 heterocycles. The van der Waals surface area contributed by atoms with Crippen molar-refractivity contribution in [3.63, 3.8) is 0 Å². The number of nitrogens with two attached hydrogens (primary N) is 1. The number of rotatable bonds is 2. The van der Waals surface area contributed by atoms with Gasteiger partial charge in [0, 0.05) is 5.56 Å².